The Labute approximate surface area is 124 Å². The Morgan fingerprint density at radius 2 is 2.24 bits per heavy atom. The van der Waals surface area contributed by atoms with Gasteiger partial charge in [-0.3, -0.25) is 14.3 Å². The summed E-state index contributed by atoms with van der Waals surface area (Å²) in [4.78, 5) is 25.6. The molecule has 1 aromatic heterocycles. The molecule has 1 saturated carbocycles. The first-order chi connectivity index (χ1) is 10.0. The van der Waals surface area contributed by atoms with E-state index in [0.29, 0.717) is 12.5 Å². The number of nitrogens with one attached hydrogen (secondary N) is 1. The van der Waals surface area contributed by atoms with Gasteiger partial charge in [0, 0.05) is 45.2 Å². The van der Waals surface area contributed by atoms with Crippen molar-refractivity contribution < 1.29 is 9.59 Å². The molecule has 3 atom stereocenters. The third kappa shape index (κ3) is 3.09. The summed E-state index contributed by atoms with van der Waals surface area (Å²) in [6.45, 7) is 2.99. The van der Waals surface area contributed by atoms with Gasteiger partial charge in [0.25, 0.3) is 0 Å². The van der Waals surface area contributed by atoms with Crippen LogP contribution in [0.5, 0.6) is 0 Å². The van der Waals surface area contributed by atoms with Crippen LogP contribution in [0.15, 0.2) is 12.4 Å². The first-order valence-corrected chi connectivity index (χ1v) is 7.59. The molecule has 6 heteroatoms. The van der Waals surface area contributed by atoms with Crippen LogP contribution in [0.3, 0.4) is 0 Å². The topological polar surface area (TPSA) is 67.2 Å². The van der Waals surface area contributed by atoms with Gasteiger partial charge in [-0.25, -0.2) is 0 Å². The molecule has 1 aromatic rings. The fourth-order valence-corrected chi connectivity index (χ4v) is 3.29. The second-order valence-electron chi connectivity index (χ2n) is 6.22. The molecule has 1 aliphatic carbocycles. The summed E-state index contributed by atoms with van der Waals surface area (Å²) in [6, 6.07) is 0.107. The number of carbonyl (C=O) groups is 2. The minimum atomic E-state index is -0.0195. The van der Waals surface area contributed by atoms with Crippen molar-refractivity contribution in [3.63, 3.8) is 0 Å². The van der Waals surface area contributed by atoms with Crippen LogP contribution in [-0.4, -0.2) is 45.6 Å². The van der Waals surface area contributed by atoms with Crippen LogP contribution in [0.25, 0.3) is 0 Å². The molecule has 3 rings (SSSR count). The normalized spacial score (nSPS) is 28.3. The second kappa shape index (κ2) is 5.50. The van der Waals surface area contributed by atoms with E-state index in [1.807, 2.05) is 24.3 Å². The smallest absolute Gasteiger partial charge is 0.226 e. The second-order valence-corrected chi connectivity index (χ2v) is 6.22. The van der Waals surface area contributed by atoms with Crippen molar-refractivity contribution in [2.45, 2.75) is 38.1 Å². The van der Waals surface area contributed by atoms with Gasteiger partial charge >= 0.3 is 0 Å². The molecular weight excluding hydrogens is 268 g/mol. The molecule has 1 aliphatic heterocycles. The lowest BCUT2D eigenvalue weighted by Gasteiger charge is -2.33. The maximum absolute atomic E-state index is 12.6. The van der Waals surface area contributed by atoms with E-state index in [9.17, 15) is 9.59 Å². The van der Waals surface area contributed by atoms with Crippen LogP contribution < -0.4 is 5.32 Å². The zero-order valence-electron chi connectivity index (χ0n) is 12.6. The van der Waals surface area contributed by atoms with Crippen molar-refractivity contribution in [1.29, 1.82) is 0 Å². The summed E-state index contributed by atoms with van der Waals surface area (Å²) >= 11 is 0. The van der Waals surface area contributed by atoms with E-state index in [4.69, 9.17) is 0 Å². The highest BCUT2D eigenvalue weighted by molar-refractivity contribution is 5.83. The monoisotopic (exact) mass is 290 g/mol. The van der Waals surface area contributed by atoms with Gasteiger partial charge < -0.3 is 10.2 Å². The Kier molecular flexibility index (Phi) is 3.69. The molecule has 6 nitrogen and oxygen atoms in total. The average Bonchev–Trinajstić information content (AvgIpc) is 3.12. The summed E-state index contributed by atoms with van der Waals surface area (Å²) in [6.07, 6.45) is 6.69. The minimum absolute atomic E-state index is 0.0195. The third-order valence-electron chi connectivity index (χ3n) is 4.40. The number of aryl methyl sites for hydroxylation is 1. The molecule has 21 heavy (non-hydrogen) atoms. The number of rotatable bonds is 3. The molecule has 0 unspecified atom stereocenters. The number of aromatic nitrogens is 2. The molecule has 2 amide bonds. The molecule has 0 spiro atoms. The zero-order valence-corrected chi connectivity index (χ0v) is 12.6. The van der Waals surface area contributed by atoms with Crippen molar-refractivity contribution in [2.24, 2.45) is 13.0 Å². The van der Waals surface area contributed by atoms with Crippen LogP contribution in [0, 0.1) is 5.92 Å². The Morgan fingerprint density at radius 3 is 2.90 bits per heavy atom. The van der Waals surface area contributed by atoms with Crippen molar-refractivity contribution >= 4 is 11.8 Å². The minimum Gasteiger partial charge on any atom is -0.352 e. The summed E-state index contributed by atoms with van der Waals surface area (Å²) < 4.78 is 1.78. The van der Waals surface area contributed by atoms with Gasteiger partial charge in [0.15, 0.2) is 0 Å². The number of piperidine rings is 1. The predicted octanol–water partition coefficient (Wildman–Crippen LogP) is 0.651. The Bertz CT molecular complexity index is 554. The van der Waals surface area contributed by atoms with Crippen LogP contribution >= 0.6 is 0 Å². The molecule has 1 saturated heterocycles. The Hall–Kier alpha value is -1.85. The lowest BCUT2D eigenvalue weighted by atomic mass is 10.0. The van der Waals surface area contributed by atoms with Crippen molar-refractivity contribution in [1.82, 2.24) is 20.0 Å². The molecular formula is C15H22N4O2. The van der Waals surface area contributed by atoms with E-state index < -0.39 is 0 Å². The number of nitrogens with zero attached hydrogens (tertiary/aromatic N) is 3. The fourth-order valence-electron chi connectivity index (χ4n) is 3.29. The number of hydrogen-bond donors (Lipinski definition) is 1. The van der Waals surface area contributed by atoms with E-state index in [1.165, 1.54) is 6.92 Å². The lowest BCUT2D eigenvalue weighted by molar-refractivity contribution is -0.134. The highest BCUT2D eigenvalue weighted by atomic mass is 16.2. The van der Waals surface area contributed by atoms with Gasteiger partial charge in [-0.15, -0.1) is 0 Å². The van der Waals surface area contributed by atoms with E-state index in [1.54, 1.807) is 4.68 Å². The van der Waals surface area contributed by atoms with E-state index >= 15 is 0 Å². The average molecular weight is 290 g/mol. The van der Waals surface area contributed by atoms with Crippen LogP contribution in [-0.2, 0) is 16.6 Å². The number of likely N-dealkylation sites (tertiary alicyclic amines) is 1. The molecule has 0 bridgehead atoms. The molecule has 114 valence electrons. The molecule has 2 fully saturated rings. The molecule has 1 N–H and O–H groups in total. The molecule has 2 heterocycles. The Balaban J connectivity index is 1.57. The molecule has 2 aliphatic rings. The SMILES string of the molecule is CC(=O)N[C@@H]1CCCN(C(=O)[C@@H]2C[C@H]2c2cnn(C)c2)C1. The van der Waals surface area contributed by atoms with Gasteiger partial charge in [0.05, 0.1) is 6.20 Å². The van der Waals surface area contributed by atoms with Gasteiger partial charge in [-0.2, -0.15) is 5.10 Å². The van der Waals surface area contributed by atoms with Crippen LogP contribution in [0.4, 0.5) is 0 Å². The number of carbonyl (C=O) groups excluding carboxylic acids is 2. The predicted molar refractivity (Wildman–Crippen MR) is 77.5 cm³/mol. The number of hydrogen-bond acceptors (Lipinski definition) is 3. The summed E-state index contributed by atoms with van der Waals surface area (Å²) in [7, 11) is 1.89. The van der Waals surface area contributed by atoms with E-state index in [-0.39, 0.29) is 23.8 Å². The molecule has 0 aromatic carbocycles. The van der Waals surface area contributed by atoms with Crippen LogP contribution in [0.1, 0.15) is 37.7 Å². The highest BCUT2D eigenvalue weighted by Crippen LogP contribution is 2.48. The van der Waals surface area contributed by atoms with Crippen molar-refractivity contribution in [3.05, 3.63) is 18.0 Å². The zero-order chi connectivity index (χ0) is 15.0. The van der Waals surface area contributed by atoms with E-state index in [0.717, 1.165) is 31.4 Å². The maximum Gasteiger partial charge on any atom is 0.226 e. The molecule has 0 radical (unpaired) electrons. The summed E-state index contributed by atoms with van der Waals surface area (Å²) in [5.74, 6) is 0.644. The number of amides is 2. The first kappa shape index (κ1) is 14.1. The highest BCUT2D eigenvalue weighted by Gasteiger charge is 2.46. The van der Waals surface area contributed by atoms with Gasteiger partial charge in [-0.05, 0) is 30.7 Å². The fraction of sp³-hybridized carbons (Fsp3) is 0.667. The first-order valence-electron chi connectivity index (χ1n) is 7.59. The largest absolute Gasteiger partial charge is 0.352 e. The third-order valence-corrected chi connectivity index (χ3v) is 4.40. The van der Waals surface area contributed by atoms with Crippen molar-refractivity contribution in [3.8, 4) is 0 Å². The summed E-state index contributed by atoms with van der Waals surface area (Å²) in [5.41, 5.74) is 1.16. The van der Waals surface area contributed by atoms with Gasteiger partial charge in [-0.1, -0.05) is 0 Å². The van der Waals surface area contributed by atoms with Crippen LogP contribution in [0.2, 0.25) is 0 Å². The summed E-state index contributed by atoms with van der Waals surface area (Å²) in [5, 5.41) is 7.10. The van der Waals surface area contributed by atoms with Crippen molar-refractivity contribution in [2.75, 3.05) is 13.1 Å². The van der Waals surface area contributed by atoms with Gasteiger partial charge in [0.1, 0.15) is 0 Å². The van der Waals surface area contributed by atoms with Gasteiger partial charge in [0.2, 0.25) is 11.8 Å². The van der Waals surface area contributed by atoms with E-state index in [2.05, 4.69) is 10.4 Å². The maximum atomic E-state index is 12.6. The quantitative estimate of drug-likeness (QED) is 0.889. The Morgan fingerprint density at radius 1 is 1.43 bits per heavy atom. The standard InChI is InChI=1S/C15H22N4O2/c1-10(20)17-12-4-3-5-19(9-12)15(21)14-6-13(14)11-7-16-18(2)8-11/h7-8,12-14H,3-6,9H2,1-2H3,(H,17,20)/t12-,13+,14-/m1/s1. The lowest BCUT2D eigenvalue weighted by Crippen LogP contribution is -2.49.